The van der Waals surface area contributed by atoms with Crippen LogP contribution in [0.3, 0.4) is 0 Å². The predicted octanol–water partition coefficient (Wildman–Crippen LogP) is 6.27. The Hall–Kier alpha value is -3.14. The highest BCUT2D eigenvalue weighted by atomic mass is 16.6. The van der Waals surface area contributed by atoms with Crippen LogP contribution in [0.15, 0.2) is 69.9 Å². The van der Waals surface area contributed by atoms with Crippen molar-refractivity contribution in [2.24, 2.45) is 0 Å². The zero-order valence-electron chi connectivity index (χ0n) is 18.0. The monoisotopic (exact) mass is 404 g/mol. The third-order valence-corrected chi connectivity index (χ3v) is 4.68. The van der Waals surface area contributed by atoms with E-state index in [1.807, 2.05) is 81.4 Å². The van der Waals surface area contributed by atoms with Crippen LogP contribution in [0, 0.1) is 0 Å². The molecule has 156 valence electrons. The lowest BCUT2D eigenvalue weighted by molar-refractivity contribution is 0.00659. The van der Waals surface area contributed by atoms with Crippen molar-refractivity contribution in [3.8, 4) is 22.3 Å². The van der Waals surface area contributed by atoms with Crippen molar-refractivity contribution >= 4 is 5.97 Å². The summed E-state index contributed by atoms with van der Waals surface area (Å²) in [6, 6.07) is 18.8. The van der Waals surface area contributed by atoms with E-state index in [0.717, 1.165) is 18.4 Å². The molecule has 0 unspecified atom stereocenters. The van der Waals surface area contributed by atoms with Gasteiger partial charge in [0, 0.05) is 12.0 Å². The average molecular weight is 405 g/mol. The lowest BCUT2D eigenvalue weighted by Gasteiger charge is -2.22. The van der Waals surface area contributed by atoms with Gasteiger partial charge in [0.25, 0.3) is 0 Å². The van der Waals surface area contributed by atoms with Crippen molar-refractivity contribution in [3.63, 3.8) is 0 Å². The van der Waals surface area contributed by atoms with E-state index in [0.29, 0.717) is 34.4 Å². The number of benzene rings is 2. The second kappa shape index (κ2) is 9.12. The fourth-order valence-corrected chi connectivity index (χ4v) is 3.40. The molecule has 1 aromatic heterocycles. The first-order valence-corrected chi connectivity index (χ1v) is 10.4. The molecule has 0 spiro atoms. The molecule has 3 aromatic rings. The Bertz CT molecular complexity index is 1060. The molecule has 1 heterocycles. The molecule has 0 saturated carbocycles. The third-order valence-electron chi connectivity index (χ3n) is 4.68. The van der Waals surface area contributed by atoms with Crippen LogP contribution in [0.4, 0.5) is 0 Å². The minimum atomic E-state index is -0.671. The second-order valence-corrected chi connectivity index (χ2v) is 8.28. The molecule has 0 aliphatic rings. The van der Waals surface area contributed by atoms with Crippen LogP contribution in [0.2, 0.25) is 0 Å². The zero-order chi connectivity index (χ0) is 21.7. The van der Waals surface area contributed by atoms with Crippen molar-refractivity contribution < 1.29 is 13.9 Å². The number of esters is 1. The Labute approximate surface area is 177 Å². The molecule has 30 heavy (non-hydrogen) atoms. The lowest BCUT2D eigenvalue weighted by Crippen LogP contribution is -2.26. The van der Waals surface area contributed by atoms with Gasteiger partial charge < -0.3 is 9.15 Å². The van der Waals surface area contributed by atoms with Gasteiger partial charge in [-0.1, -0.05) is 74.0 Å². The first kappa shape index (κ1) is 21.6. The summed E-state index contributed by atoms with van der Waals surface area (Å²) >= 11 is 0. The smallest absolute Gasteiger partial charge is 0.344 e. The predicted molar refractivity (Wildman–Crippen MR) is 120 cm³/mol. The summed E-state index contributed by atoms with van der Waals surface area (Å²) in [5.41, 5.74) is 1.65. The maximum absolute atomic E-state index is 13.3. The second-order valence-electron chi connectivity index (χ2n) is 8.28. The van der Waals surface area contributed by atoms with Gasteiger partial charge in [0.1, 0.15) is 16.9 Å². The number of carbonyl (C=O) groups is 1. The van der Waals surface area contributed by atoms with Crippen molar-refractivity contribution in [1.82, 2.24) is 0 Å². The standard InChI is InChI=1S/C26H28O4/c1-5-6-17-20-23(25(28)30-26(2,3)4)21(18-13-9-7-10-14-18)22(24(27)29-20)19-15-11-8-12-16-19/h7-16H,5-6,17H2,1-4H3. The first-order chi connectivity index (χ1) is 14.3. The van der Waals surface area contributed by atoms with E-state index in [-0.39, 0.29) is 0 Å². The van der Waals surface area contributed by atoms with Crippen LogP contribution < -0.4 is 5.63 Å². The summed E-state index contributed by atoms with van der Waals surface area (Å²) in [5, 5.41) is 0. The van der Waals surface area contributed by atoms with E-state index in [1.165, 1.54) is 0 Å². The van der Waals surface area contributed by atoms with Crippen LogP contribution in [-0.2, 0) is 11.2 Å². The molecule has 3 rings (SSSR count). The van der Waals surface area contributed by atoms with Gasteiger partial charge in [0.2, 0.25) is 0 Å². The van der Waals surface area contributed by atoms with Crippen molar-refractivity contribution in [2.45, 2.75) is 52.6 Å². The molecular weight excluding hydrogens is 376 g/mol. The number of hydrogen-bond donors (Lipinski definition) is 0. The van der Waals surface area contributed by atoms with Crippen molar-refractivity contribution in [3.05, 3.63) is 82.4 Å². The van der Waals surface area contributed by atoms with Crippen molar-refractivity contribution in [1.29, 1.82) is 0 Å². The van der Waals surface area contributed by atoms with Gasteiger partial charge in [-0.15, -0.1) is 0 Å². The van der Waals surface area contributed by atoms with Gasteiger partial charge in [0.15, 0.2) is 0 Å². The van der Waals surface area contributed by atoms with E-state index < -0.39 is 17.2 Å². The molecule has 0 bridgehead atoms. The number of unbranched alkanes of at least 4 members (excludes halogenated alkanes) is 1. The van der Waals surface area contributed by atoms with E-state index in [1.54, 1.807) is 0 Å². The molecule has 4 nitrogen and oxygen atoms in total. The van der Waals surface area contributed by atoms with Crippen LogP contribution in [0.5, 0.6) is 0 Å². The first-order valence-electron chi connectivity index (χ1n) is 10.4. The Balaban J connectivity index is 2.38. The van der Waals surface area contributed by atoms with Crippen LogP contribution in [0.1, 0.15) is 56.7 Å². The summed E-state index contributed by atoms with van der Waals surface area (Å²) in [4.78, 5) is 26.5. The van der Waals surface area contributed by atoms with Crippen LogP contribution >= 0.6 is 0 Å². The van der Waals surface area contributed by atoms with Gasteiger partial charge in [0.05, 0.1) is 5.56 Å². The Morgan fingerprint density at radius 3 is 1.93 bits per heavy atom. The largest absolute Gasteiger partial charge is 0.456 e. The van der Waals surface area contributed by atoms with E-state index >= 15 is 0 Å². The minimum absolute atomic E-state index is 0.336. The lowest BCUT2D eigenvalue weighted by atomic mass is 9.90. The van der Waals surface area contributed by atoms with Crippen molar-refractivity contribution in [2.75, 3.05) is 0 Å². The highest BCUT2D eigenvalue weighted by Crippen LogP contribution is 2.36. The van der Waals surface area contributed by atoms with Crippen LogP contribution in [0.25, 0.3) is 22.3 Å². The highest BCUT2D eigenvalue weighted by molar-refractivity contribution is 6.02. The molecule has 0 saturated heterocycles. The summed E-state index contributed by atoms with van der Waals surface area (Å²) < 4.78 is 11.5. The summed E-state index contributed by atoms with van der Waals surface area (Å²) in [5.74, 6) is -0.0944. The van der Waals surface area contributed by atoms with Gasteiger partial charge in [-0.05, 0) is 38.3 Å². The fraction of sp³-hybridized carbons (Fsp3) is 0.308. The van der Waals surface area contributed by atoms with E-state index in [2.05, 4.69) is 6.92 Å². The maximum atomic E-state index is 13.3. The molecule has 0 amide bonds. The molecular formula is C26H28O4. The molecule has 0 atom stereocenters. The topological polar surface area (TPSA) is 56.5 Å². The van der Waals surface area contributed by atoms with E-state index in [9.17, 15) is 9.59 Å². The Kier molecular flexibility index (Phi) is 6.56. The minimum Gasteiger partial charge on any atom is -0.456 e. The molecule has 0 radical (unpaired) electrons. The Morgan fingerprint density at radius 2 is 1.43 bits per heavy atom. The summed E-state index contributed by atoms with van der Waals surface area (Å²) in [7, 11) is 0. The normalized spacial score (nSPS) is 11.3. The summed E-state index contributed by atoms with van der Waals surface area (Å²) in [6.07, 6.45) is 2.21. The highest BCUT2D eigenvalue weighted by Gasteiger charge is 2.29. The summed E-state index contributed by atoms with van der Waals surface area (Å²) in [6.45, 7) is 7.55. The number of hydrogen-bond acceptors (Lipinski definition) is 4. The van der Waals surface area contributed by atoms with Gasteiger partial charge in [-0.25, -0.2) is 9.59 Å². The SMILES string of the molecule is CCCCc1oc(=O)c(-c2ccccc2)c(-c2ccccc2)c1C(=O)OC(C)(C)C. The maximum Gasteiger partial charge on any atom is 0.344 e. The number of rotatable bonds is 6. The quantitative estimate of drug-likeness (QED) is 0.454. The number of ether oxygens (including phenoxy) is 1. The molecule has 4 heteroatoms. The van der Waals surface area contributed by atoms with E-state index in [4.69, 9.17) is 9.15 Å². The molecule has 0 fully saturated rings. The third kappa shape index (κ3) is 4.88. The van der Waals surface area contributed by atoms with Gasteiger partial charge >= 0.3 is 11.6 Å². The Morgan fingerprint density at radius 1 is 0.900 bits per heavy atom. The number of aryl methyl sites for hydroxylation is 1. The molecule has 0 N–H and O–H groups in total. The number of carbonyl (C=O) groups excluding carboxylic acids is 1. The van der Waals surface area contributed by atoms with Gasteiger partial charge in [-0.2, -0.15) is 0 Å². The molecule has 0 aliphatic heterocycles. The average Bonchev–Trinajstić information content (AvgIpc) is 2.71. The molecule has 0 aliphatic carbocycles. The fourth-order valence-electron chi connectivity index (χ4n) is 3.40. The van der Waals surface area contributed by atoms with Crippen LogP contribution in [-0.4, -0.2) is 11.6 Å². The zero-order valence-corrected chi connectivity index (χ0v) is 18.0. The molecule has 2 aromatic carbocycles. The van der Waals surface area contributed by atoms with Gasteiger partial charge in [-0.3, -0.25) is 0 Å².